The van der Waals surface area contributed by atoms with Crippen LogP contribution in [-0.2, 0) is 0 Å². The van der Waals surface area contributed by atoms with E-state index in [4.69, 9.17) is 22.7 Å². The van der Waals surface area contributed by atoms with Gasteiger partial charge in [-0.25, -0.2) is 4.98 Å². The van der Waals surface area contributed by atoms with Crippen LogP contribution in [0.25, 0.3) is 0 Å². The molecule has 70 valence electrons. The summed E-state index contributed by atoms with van der Waals surface area (Å²) < 4.78 is 5.09. The molecule has 0 amide bonds. The van der Waals surface area contributed by atoms with Crippen LogP contribution in [0.5, 0.6) is 5.88 Å². The highest BCUT2D eigenvalue weighted by atomic mass is 32.1. The number of hydrogen-bond acceptors (Lipinski definition) is 3. The Balaban J connectivity index is 3.38. The van der Waals surface area contributed by atoms with Crippen molar-refractivity contribution in [1.82, 2.24) is 4.98 Å². The maximum atomic E-state index is 5.55. The normalized spacial score (nSPS) is 9.77. The van der Waals surface area contributed by atoms with E-state index in [9.17, 15) is 0 Å². The first-order valence-corrected chi connectivity index (χ1v) is 4.29. The van der Waals surface area contributed by atoms with Crippen LogP contribution in [0.3, 0.4) is 0 Å². The molecule has 0 unspecified atom stereocenters. The summed E-state index contributed by atoms with van der Waals surface area (Å²) in [4.78, 5) is 4.51. The van der Waals surface area contributed by atoms with Gasteiger partial charge in [-0.3, -0.25) is 0 Å². The van der Waals surface area contributed by atoms with Crippen molar-refractivity contribution in [2.24, 2.45) is 5.73 Å². The summed E-state index contributed by atoms with van der Waals surface area (Å²) in [6.45, 7) is 3.84. The lowest BCUT2D eigenvalue weighted by Crippen LogP contribution is -2.14. The molecule has 13 heavy (non-hydrogen) atoms. The molecule has 0 spiro atoms. The van der Waals surface area contributed by atoms with E-state index in [0.717, 1.165) is 16.8 Å². The molecule has 0 bridgehead atoms. The average molecular weight is 196 g/mol. The molecule has 0 aliphatic rings. The molecular formula is C9H12N2OS. The molecule has 0 atom stereocenters. The Labute approximate surface area is 82.9 Å². The van der Waals surface area contributed by atoms with Gasteiger partial charge in [0.05, 0.1) is 12.7 Å². The van der Waals surface area contributed by atoms with Gasteiger partial charge in [0.15, 0.2) is 0 Å². The molecule has 0 saturated carbocycles. The Morgan fingerprint density at radius 2 is 2.15 bits per heavy atom. The number of ether oxygens (including phenoxy) is 1. The minimum atomic E-state index is 0.321. The highest BCUT2D eigenvalue weighted by molar-refractivity contribution is 7.80. The molecule has 0 aliphatic heterocycles. The van der Waals surface area contributed by atoms with Crippen LogP contribution < -0.4 is 10.5 Å². The summed E-state index contributed by atoms with van der Waals surface area (Å²) in [5, 5.41) is 0. The van der Waals surface area contributed by atoms with Gasteiger partial charge in [-0.2, -0.15) is 0 Å². The Morgan fingerprint density at radius 1 is 1.54 bits per heavy atom. The quantitative estimate of drug-likeness (QED) is 0.725. The molecule has 0 aromatic carbocycles. The fourth-order valence-corrected chi connectivity index (χ4v) is 1.50. The SMILES string of the molecule is COc1nc(C)cc(C)c1C(N)=S. The van der Waals surface area contributed by atoms with Gasteiger partial charge in [-0.15, -0.1) is 0 Å². The van der Waals surface area contributed by atoms with Gasteiger partial charge in [0.25, 0.3) is 0 Å². The molecule has 0 saturated heterocycles. The molecule has 1 rings (SSSR count). The van der Waals surface area contributed by atoms with Gasteiger partial charge in [-0.05, 0) is 25.5 Å². The van der Waals surface area contributed by atoms with Gasteiger partial charge in [0.2, 0.25) is 5.88 Å². The standard InChI is InChI=1S/C9H12N2OS/c1-5-4-6(2)11-9(12-3)7(5)8(10)13/h4H,1-3H3,(H2,10,13). The molecule has 1 aromatic heterocycles. The van der Waals surface area contributed by atoms with Crippen LogP contribution in [0, 0.1) is 13.8 Å². The van der Waals surface area contributed by atoms with E-state index >= 15 is 0 Å². The number of pyridine rings is 1. The zero-order valence-electron chi connectivity index (χ0n) is 7.92. The molecular weight excluding hydrogens is 184 g/mol. The molecule has 0 aliphatic carbocycles. The summed E-state index contributed by atoms with van der Waals surface area (Å²) >= 11 is 4.90. The van der Waals surface area contributed by atoms with Crippen molar-refractivity contribution < 1.29 is 4.74 Å². The van der Waals surface area contributed by atoms with Gasteiger partial charge < -0.3 is 10.5 Å². The Hall–Kier alpha value is -1.16. The molecule has 2 N–H and O–H groups in total. The lowest BCUT2D eigenvalue weighted by molar-refractivity contribution is 0.395. The summed E-state index contributed by atoms with van der Waals surface area (Å²) in [6, 6.07) is 1.93. The Morgan fingerprint density at radius 3 is 2.62 bits per heavy atom. The number of thiocarbonyl (C=S) groups is 1. The molecule has 0 fully saturated rings. The van der Waals surface area contributed by atoms with Crippen molar-refractivity contribution in [1.29, 1.82) is 0 Å². The number of methoxy groups -OCH3 is 1. The predicted molar refractivity (Wildman–Crippen MR) is 56.2 cm³/mol. The lowest BCUT2D eigenvalue weighted by Gasteiger charge is -2.09. The van der Waals surface area contributed by atoms with Crippen molar-refractivity contribution in [3.05, 3.63) is 22.9 Å². The maximum absolute atomic E-state index is 5.55. The van der Waals surface area contributed by atoms with Gasteiger partial charge in [0, 0.05) is 5.69 Å². The van der Waals surface area contributed by atoms with E-state index in [-0.39, 0.29) is 0 Å². The smallest absolute Gasteiger partial charge is 0.223 e. The number of hydrogen-bond donors (Lipinski definition) is 1. The molecule has 1 heterocycles. The summed E-state index contributed by atoms with van der Waals surface area (Å²) in [6.07, 6.45) is 0. The third-order valence-corrected chi connectivity index (χ3v) is 1.96. The highest BCUT2D eigenvalue weighted by Gasteiger charge is 2.11. The van der Waals surface area contributed by atoms with Crippen LogP contribution >= 0.6 is 12.2 Å². The maximum Gasteiger partial charge on any atom is 0.223 e. The number of aryl methyl sites for hydroxylation is 2. The zero-order valence-corrected chi connectivity index (χ0v) is 8.73. The van der Waals surface area contributed by atoms with E-state index in [1.165, 1.54) is 0 Å². The van der Waals surface area contributed by atoms with Crippen molar-refractivity contribution >= 4 is 17.2 Å². The molecule has 3 nitrogen and oxygen atoms in total. The van der Waals surface area contributed by atoms with Crippen LogP contribution in [0.1, 0.15) is 16.8 Å². The number of nitrogens with zero attached hydrogens (tertiary/aromatic N) is 1. The first kappa shape index (κ1) is 9.92. The minimum absolute atomic E-state index is 0.321. The average Bonchev–Trinajstić information content (AvgIpc) is 2.01. The van der Waals surface area contributed by atoms with E-state index in [0.29, 0.717) is 10.9 Å². The van der Waals surface area contributed by atoms with E-state index in [2.05, 4.69) is 4.98 Å². The first-order chi connectivity index (χ1) is 6.06. The second-order valence-corrected chi connectivity index (χ2v) is 3.27. The summed E-state index contributed by atoms with van der Waals surface area (Å²) in [7, 11) is 1.56. The monoisotopic (exact) mass is 196 g/mol. The van der Waals surface area contributed by atoms with Crippen LogP contribution in [0.4, 0.5) is 0 Å². The fourth-order valence-electron chi connectivity index (χ4n) is 1.25. The van der Waals surface area contributed by atoms with Crippen molar-refractivity contribution in [3.63, 3.8) is 0 Å². The van der Waals surface area contributed by atoms with Crippen molar-refractivity contribution in [3.8, 4) is 5.88 Å². The van der Waals surface area contributed by atoms with Crippen molar-refractivity contribution in [2.75, 3.05) is 7.11 Å². The van der Waals surface area contributed by atoms with Crippen LogP contribution in [0.2, 0.25) is 0 Å². The first-order valence-electron chi connectivity index (χ1n) is 3.88. The summed E-state index contributed by atoms with van der Waals surface area (Å²) in [5.74, 6) is 0.505. The summed E-state index contributed by atoms with van der Waals surface area (Å²) in [5.41, 5.74) is 8.17. The van der Waals surface area contributed by atoms with E-state index in [1.54, 1.807) is 7.11 Å². The number of nitrogens with two attached hydrogens (primary N) is 1. The zero-order chi connectivity index (χ0) is 10.0. The topological polar surface area (TPSA) is 48.1 Å². The largest absolute Gasteiger partial charge is 0.480 e. The van der Waals surface area contributed by atoms with Gasteiger partial charge >= 0.3 is 0 Å². The predicted octanol–water partition coefficient (Wildman–Crippen LogP) is 1.34. The second-order valence-electron chi connectivity index (χ2n) is 2.83. The number of rotatable bonds is 2. The second kappa shape index (κ2) is 3.70. The number of aromatic nitrogens is 1. The lowest BCUT2D eigenvalue weighted by atomic mass is 10.1. The van der Waals surface area contributed by atoms with Crippen LogP contribution in [-0.4, -0.2) is 17.1 Å². The van der Waals surface area contributed by atoms with Crippen molar-refractivity contribution in [2.45, 2.75) is 13.8 Å². The van der Waals surface area contributed by atoms with E-state index in [1.807, 2.05) is 19.9 Å². The minimum Gasteiger partial charge on any atom is -0.480 e. The Kier molecular flexibility index (Phi) is 2.83. The Bertz CT molecular complexity index is 350. The molecule has 4 heteroatoms. The third-order valence-electron chi connectivity index (χ3n) is 1.75. The highest BCUT2D eigenvalue weighted by Crippen LogP contribution is 2.19. The van der Waals surface area contributed by atoms with E-state index < -0.39 is 0 Å². The van der Waals surface area contributed by atoms with Crippen LogP contribution in [0.15, 0.2) is 6.07 Å². The van der Waals surface area contributed by atoms with Gasteiger partial charge in [0.1, 0.15) is 4.99 Å². The van der Waals surface area contributed by atoms with Gasteiger partial charge in [-0.1, -0.05) is 12.2 Å². The molecule has 1 aromatic rings. The third kappa shape index (κ3) is 1.95. The fraction of sp³-hybridized carbons (Fsp3) is 0.333. The molecule has 0 radical (unpaired) electrons.